The Morgan fingerprint density at radius 1 is 1.67 bits per heavy atom. The van der Waals surface area contributed by atoms with Gasteiger partial charge in [0.1, 0.15) is 0 Å². The van der Waals surface area contributed by atoms with Gasteiger partial charge in [-0.3, -0.25) is 4.79 Å². The Labute approximate surface area is 71.5 Å². The van der Waals surface area contributed by atoms with Gasteiger partial charge in [0.2, 0.25) is 0 Å². The molecule has 0 aliphatic heterocycles. The van der Waals surface area contributed by atoms with Gasteiger partial charge in [-0.15, -0.1) is 0 Å². The summed E-state index contributed by atoms with van der Waals surface area (Å²) in [5, 5.41) is 8.76. The van der Waals surface area contributed by atoms with Crippen molar-refractivity contribution in [1.29, 1.82) is 0 Å². The van der Waals surface area contributed by atoms with Crippen molar-refractivity contribution in [1.82, 2.24) is 0 Å². The van der Waals surface area contributed by atoms with Crippen molar-refractivity contribution >= 4 is 15.8 Å². The van der Waals surface area contributed by atoms with Crippen LogP contribution in [0, 0.1) is 5.92 Å². The van der Waals surface area contributed by atoms with Crippen LogP contribution in [0.4, 0.5) is 0 Å². The molecule has 2 unspecified atom stereocenters. The first-order chi connectivity index (χ1) is 5.36. The van der Waals surface area contributed by atoms with Crippen LogP contribution < -0.4 is 0 Å². The fourth-order valence-electron chi connectivity index (χ4n) is 1.66. The summed E-state index contributed by atoms with van der Waals surface area (Å²) >= 11 is 0. The number of carbonyl (C=O) groups is 1. The summed E-state index contributed by atoms with van der Waals surface area (Å²) in [6.07, 6.45) is 1.88. The van der Waals surface area contributed by atoms with E-state index in [9.17, 15) is 13.2 Å². The fraction of sp³-hybridized carbons (Fsp3) is 0.857. The Hall–Kier alpha value is -0.580. The Balaban J connectivity index is 3.03. The average molecular weight is 192 g/mol. The number of carboxylic acids is 1. The molecule has 4 nitrogen and oxygen atoms in total. The average Bonchev–Trinajstić information content (AvgIpc) is 2.59. The highest BCUT2D eigenvalue weighted by Gasteiger charge is 2.67. The number of hydrogen-bond donors (Lipinski definition) is 1. The lowest BCUT2D eigenvalue weighted by atomic mass is 10.2. The van der Waals surface area contributed by atoms with Crippen LogP contribution in [0.3, 0.4) is 0 Å². The molecule has 0 aromatic heterocycles. The maximum atomic E-state index is 11.1. The summed E-state index contributed by atoms with van der Waals surface area (Å²) in [4.78, 5) is 10.7. The van der Waals surface area contributed by atoms with E-state index in [-0.39, 0.29) is 12.3 Å². The minimum atomic E-state index is -3.45. The van der Waals surface area contributed by atoms with Crippen LogP contribution >= 0.6 is 0 Å². The summed E-state index contributed by atoms with van der Waals surface area (Å²) in [7, 11) is -3.45. The van der Waals surface area contributed by atoms with Gasteiger partial charge in [0.05, 0.1) is 0 Å². The molecule has 1 rings (SSSR count). The van der Waals surface area contributed by atoms with E-state index >= 15 is 0 Å². The van der Waals surface area contributed by atoms with Crippen LogP contribution in [0.5, 0.6) is 0 Å². The molecule has 0 spiro atoms. The zero-order chi connectivity index (χ0) is 9.57. The molecule has 0 saturated heterocycles. The lowest BCUT2D eigenvalue weighted by Crippen LogP contribution is -2.33. The van der Waals surface area contributed by atoms with Gasteiger partial charge in [0.15, 0.2) is 14.6 Å². The number of hydrogen-bond acceptors (Lipinski definition) is 3. The highest BCUT2D eigenvalue weighted by Crippen LogP contribution is 2.51. The Bertz CT molecular complexity index is 305. The standard InChI is InChI=1S/C7H12O4S/c1-3-5-4-7(5,6(8)9)12(2,10)11/h5H,3-4H2,1-2H3,(H,8,9). The molecular weight excluding hydrogens is 180 g/mol. The normalized spacial score (nSPS) is 34.7. The summed E-state index contributed by atoms with van der Waals surface area (Å²) in [5.41, 5.74) is 0. The number of sulfone groups is 1. The molecule has 1 aliphatic rings. The minimum absolute atomic E-state index is 0.190. The zero-order valence-corrected chi connectivity index (χ0v) is 7.89. The summed E-state index contributed by atoms with van der Waals surface area (Å²) in [6.45, 7) is 1.81. The second-order valence-corrected chi connectivity index (χ2v) is 5.55. The second kappa shape index (κ2) is 2.45. The number of rotatable bonds is 3. The van der Waals surface area contributed by atoms with Crippen LogP contribution in [-0.4, -0.2) is 30.5 Å². The Morgan fingerprint density at radius 3 is 2.25 bits per heavy atom. The van der Waals surface area contributed by atoms with Crippen molar-refractivity contribution in [3.63, 3.8) is 0 Å². The third-order valence-corrected chi connectivity index (χ3v) is 4.56. The van der Waals surface area contributed by atoms with Gasteiger partial charge < -0.3 is 5.11 Å². The maximum absolute atomic E-state index is 11.1. The topological polar surface area (TPSA) is 71.4 Å². The summed E-state index contributed by atoms with van der Waals surface area (Å²) in [6, 6.07) is 0. The zero-order valence-electron chi connectivity index (χ0n) is 7.07. The van der Waals surface area contributed by atoms with E-state index in [0.29, 0.717) is 6.42 Å². The lowest BCUT2D eigenvalue weighted by Gasteiger charge is -2.08. The second-order valence-electron chi connectivity index (χ2n) is 3.28. The van der Waals surface area contributed by atoms with Gasteiger partial charge in [-0.1, -0.05) is 13.3 Å². The quantitative estimate of drug-likeness (QED) is 0.697. The molecule has 0 heterocycles. The molecule has 0 amide bonds. The Kier molecular flexibility index (Phi) is 1.94. The molecule has 0 radical (unpaired) electrons. The predicted octanol–water partition coefficient (Wildman–Crippen LogP) is 0.284. The van der Waals surface area contributed by atoms with Gasteiger partial charge in [0, 0.05) is 6.26 Å². The van der Waals surface area contributed by atoms with Gasteiger partial charge >= 0.3 is 5.97 Å². The Morgan fingerprint density at radius 2 is 2.17 bits per heavy atom. The summed E-state index contributed by atoms with van der Waals surface area (Å²) < 4.78 is 20.8. The van der Waals surface area contributed by atoms with E-state index < -0.39 is 20.6 Å². The first kappa shape index (κ1) is 9.51. The molecule has 5 heteroatoms. The molecule has 12 heavy (non-hydrogen) atoms. The highest BCUT2D eigenvalue weighted by molar-refractivity contribution is 7.93. The van der Waals surface area contributed by atoms with E-state index in [1.807, 2.05) is 0 Å². The molecular formula is C7H12O4S. The van der Waals surface area contributed by atoms with E-state index in [1.54, 1.807) is 6.92 Å². The fourth-order valence-corrected chi connectivity index (χ4v) is 3.25. The largest absolute Gasteiger partial charge is 0.480 e. The maximum Gasteiger partial charge on any atom is 0.325 e. The van der Waals surface area contributed by atoms with E-state index in [0.717, 1.165) is 6.26 Å². The smallest absolute Gasteiger partial charge is 0.325 e. The van der Waals surface area contributed by atoms with E-state index in [1.165, 1.54) is 0 Å². The van der Waals surface area contributed by atoms with Gasteiger partial charge in [-0.2, -0.15) is 0 Å². The van der Waals surface area contributed by atoms with Crippen LogP contribution in [0.15, 0.2) is 0 Å². The van der Waals surface area contributed by atoms with Crippen molar-refractivity contribution < 1.29 is 18.3 Å². The molecule has 1 N–H and O–H groups in total. The van der Waals surface area contributed by atoms with E-state index in [2.05, 4.69) is 0 Å². The van der Waals surface area contributed by atoms with Crippen LogP contribution in [0.2, 0.25) is 0 Å². The van der Waals surface area contributed by atoms with Crippen molar-refractivity contribution in [3.8, 4) is 0 Å². The van der Waals surface area contributed by atoms with Crippen molar-refractivity contribution in [2.24, 2.45) is 5.92 Å². The SMILES string of the molecule is CCC1CC1(C(=O)O)S(C)(=O)=O. The molecule has 1 aliphatic carbocycles. The van der Waals surface area contributed by atoms with E-state index in [4.69, 9.17) is 5.11 Å². The molecule has 0 aromatic rings. The molecule has 1 saturated carbocycles. The van der Waals surface area contributed by atoms with Crippen LogP contribution in [0.25, 0.3) is 0 Å². The van der Waals surface area contributed by atoms with Crippen LogP contribution in [0.1, 0.15) is 19.8 Å². The van der Waals surface area contributed by atoms with Crippen molar-refractivity contribution in [3.05, 3.63) is 0 Å². The van der Waals surface area contributed by atoms with Gasteiger partial charge in [-0.25, -0.2) is 8.42 Å². The van der Waals surface area contributed by atoms with Crippen LogP contribution in [-0.2, 0) is 14.6 Å². The van der Waals surface area contributed by atoms with Gasteiger partial charge in [0.25, 0.3) is 0 Å². The van der Waals surface area contributed by atoms with Crippen molar-refractivity contribution in [2.75, 3.05) is 6.26 Å². The number of aliphatic carboxylic acids is 1. The third kappa shape index (κ3) is 1.03. The molecule has 0 aromatic carbocycles. The summed E-state index contributed by atoms with van der Waals surface area (Å²) in [5.74, 6) is -1.39. The van der Waals surface area contributed by atoms with Gasteiger partial charge in [-0.05, 0) is 12.3 Å². The lowest BCUT2D eigenvalue weighted by molar-refractivity contribution is -0.137. The number of carboxylic acid groups (broad SMARTS) is 1. The first-order valence-corrected chi connectivity index (χ1v) is 5.68. The minimum Gasteiger partial charge on any atom is -0.480 e. The third-order valence-electron chi connectivity index (χ3n) is 2.57. The highest BCUT2D eigenvalue weighted by atomic mass is 32.2. The predicted molar refractivity (Wildman–Crippen MR) is 43.6 cm³/mol. The molecule has 70 valence electrons. The molecule has 1 fully saturated rings. The molecule has 2 atom stereocenters. The molecule has 0 bridgehead atoms. The first-order valence-electron chi connectivity index (χ1n) is 3.79. The van der Waals surface area contributed by atoms with Crippen molar-refractivity contribution in [2.45, 2.75) is 24.5 Å². The monoisotopic (exact) mass is 192 g/mol.